The molecule has 1 aromatic carbocycles. The normalized spacial score (nSPS) is 10.5. The third-order valence-corrected chi connectivity index (χ3v) is 3.91. The van der Waals surface area contributed by atoms with Crippen LogP contribution in [0.25, 0.3) is 0 Å². The Morgan fingerprint density at radius 1 is 0.826 bits per heavy atom. The lowest BCUT2D eigenvalue weighted by atomic mass is 10.0. The number of unbranched alkanes of at least 4 members (excludes halogenated alkanes) is 1. The monoisotopic (exact) mass is 440 g/mol. The molecule has 0 saturated carbocycles. The van der Waals surface area contributed by atoms with E-state index in [2.05, 4.69) is 22.6 Å². The van der Waals surface area contributed by atoms with Crippen LogP contribution in [-0.2, 0) is 15.9 Å². The quantitative estimate of drug-likeness (QED) is 0.215. The number of ether oxygens (including phenoxy) is 6. The third kappa shape index (κ3) is 5.89. The smallest absolute Gasteiger partial charge is 0.188 e. The molecule has 0 fully saturated rings. The molecule has 7 heteroatoms. The van der Waals surface area contributed by atoms with Crippen molar-refractivity contribution in [2.75, 3.05) is 46.5 Å². The molecule has 0 N–H and O–H groups in total. The van der Waals surface area contributed by atoms with Crippen LogP contribution >= 0.6 is 22.6 Å². The van der Waals surface area contributed by atoms with Gasteiger partial charge in [0.05, 0.1) is 14.2 Å². The van der Waals surface area contributed by atoms with Crippen molar-refractivity contribution in [1.29, 1.82) is 0 Å². The second-order valence-electron chi connectivity index (χ2n) is 4.67. The van der Waals surface area contributed by atoms with Crippen molar-refractivity contribution in [3.63, 3.8) is 0 Å². The van der Waals surface area contributed by atoms with Crippen molar-refractivity contribution in [3.05, 3.63) is 11.6 Å². The molecule has 0 aliphatic heterocycles. The molecule has 0 aliphatic carbocycles. The second-order valence-corrected chi connectivity index (χ2v) is 5.74. The second kappa shape index (κ2) is 11.6. The predicted octanol–water partition coefficient (Wildman–Crippen LogP) is 3.43. The maximum absolute atomic E-state index is 5.73. The molecule has 0 amide bonds. The maximum atomic E-state index is 5.73. The Labute approximate surface area is 151 Å². The minimum absolute atomic E-state index is 0.130. The van der Waals surface area contributed by atoms with Crippen molar-refractivity contribution in [1.82, 2.24) is 0 Å². The van der Waals surface area contributed by atoms with E-state index in [1.165, 1.54) is 0 Å². The molecule has 1 aromatic rings. The number of hydrogen-bond acceptors (Lipinski definition) is 6. The molecule has 0 atom stereocenters. The summed E-state index contributed by atoms with van der Waals surface area (Å²) in [7, 11) is 6.36. The Kier molecular flexibility index (Phi) is 10.1. The average molecular weight is 440 g/mol. The zero-order chi connectivity index (χ0) is 17.1. The largest absolute Gasteiger partial charge is 0.493 e. The van der Waals surface area contributed by atoms with Gasteiger partial charge in [-0.15, -0.1) is 0 Å². The average Bonchev–Trinajstić information content (AvgIpc) is 2.58. The van der Waals surface area contributed by atoms with E-state index in [4.69, 9.17) is 28.4 Å². The van der Waals surface area contributed by atoms with E-state index in [0.29, 0.717) is 23.0 Å². The van der Waals surface area contributed by atoms with Gasteiger partial charge in [0.25, 0.3) is 0 Å². The SMILES string of the molecule is COCOc1cc(OC)c(OCOC)c(CCCCI)c1OC. The van der Waals surface area contributed by atoms with Crippen molar-refractivity contribution < 1.29 is 28.4 Å². The molecule has 0 saturated heterocycles. The van der Waals surface area contributed by atoms with Crippen molar-refractivity contribution in [2.24, 2.45) is 0 Å². The highest BCUT2D eigenvalue weighted by atomic mass is 127. The van der Waals surface area contributed by atoms with E-state index >= 15 is 0 Å². The highest BCUT2D eigenvalue weighted by molar-refractivity contribution is 14.1. The van der Waals surface area contributed by atoms with Gasteiger partial charge in [0.15, 0.2) is 36.6 Å². The fourth-order valence-electron chi connectivity index (χ4n) is 2.16. The van der Waals surface area contributed by atoms with Gasteiger partial charge in [-0.05, 0) is 23.7 Å². The van der Waals surface area contributed by atoms with Gasteiger partial charge in [-0.25, -0.2) is 0 Å². The maximum Gasteiger partial charge on any atom is 0.188 e. The van der Waals surface area contributed by atoms with Crippen LogP contribution in [0.2, 0.25) is 0 Å². The molecule has 132 valence electrons. The standard InChI is InChI=1S/C16H25IO6/c1-18-10-22-14-9-13(20-3)16(23-11-19-2)12(15(14)21-4)7-5-6-8-17/h9H,5-8,10-11H2,1-4H3. The Balaban J connectivity index is 3.27. The number of halogens is 1. The van der Waals surface area contributed by atoms with Crippen LogP contribution in [0.1, 0.15) is 18.4 Å². The van der Waals surface area contributed by atoms with E-state index in [-0.39, 0.29) is 13.6 Å². The Bertz CT molecular complexity index is 466. The van der Waals surface area contributed by atoms with Gasteiger partial charge in [-0.1, -0.05) is 22.6 Å². The van der Waals surface area contributed by atoms with Crippen LogP contribution in [0, 0.1) is 0 Å². The van der Waals surface area contributed by atoms with Crippen LogP contribution in [0.4, 0.5) is 0 Å². The van der Waals surface area contributed by atoms with Crippen molar-refractivity contribution in [2.45, 2.75) is 19.3 Å². The first-order valence-electron chi connectivity index (χ1n) is 7.30. The molecule has 0 aliphatic rings. The van der Waals surface area contributed by atoms with E-state index in [9.17, 15) is 0 Å². The number of rotatable bonds is 12. The summed E-state index contributed by atoms with van der Waals surface area (Å²) >= 11 is 2.37. The minimum Gasteiger partial charge on any atom is -0.493 e. The Hall–Kier alpha value is -0.930. The van der Waals surface area contributed by atoms with Crippen LogP contribution in [-0.4, -0.2) is 46.5 Å². The van der Waals surface area contributed by atoms with Crippen LogP contribution in [0.15, 0.2) is 6.07 Å². The molecular weight excluding hydrogens is 415 g/mol. The van der Waals surface area contributed by atoms with Gasteiger partial charge in [0.1, 0.15) is 0 Å². The summed E-state index contributed by atoms with van der Waals surface area (Å²) in [6, 6.07) is 1.74. The van der Waals surface area contributed by atoms with E-state index in [1.807, 2.05) is 0 Å². The summed E-state index contributed by atoms with van der Waals surface area (Å²) in [5.74, 6) is 2.42. The Morgan fingerprint density at radius 2 is 1.52 bits per heavy atom. The van der Waals surface area contributed by atoms with Gasteiger partial charge >= 0.3 is 0 Å². The van der Waals surface area contributed by atoms with Crippen LogP contribution < -0.4 is 18.9 Å². The molecule has 1 rings (SSSR count). The van der Waals surface area contributed by atoms with E-state index < -0.39 is 0 Å². The van der Waals surface area contributed by atoms with Crippen molar-refractivity contribution >= 4 is 22.6 Å². The molecule has 0 radical (unpaired) electrons. The molecule has 23 heavy (non-hydrogen) atoms. The van der Waals surface area contributed by atoms with Gasteiger partial charge < -0.3 is 28.4 Å². The number of alkyl halides is 1. The summed E-state index contributed by atoms with van der Waals surface area (Å²) in [6.45, 7) is 0.266. The number of methoxy groups -OCH3 is 4. The molecule has 0 spiro atoms. The molecule has 0 bridgehead atoms. The van der Waals surface area contributed by atoms with Crippen molar-refractivity contribution in [3.8, 4) is 23.0 Å². The lowest BCUT2D eigenvalue weighted by Crippen LogP contribution is -2.08. The van der Waals surface area contributed by atoms with Gasteiger partial charge in [0, 0.05) is 25.8 Å². The first-order valence-corrected chi connectivity index (χ1v) is 8.83. The first-order chi connectivity index (χ1) is 11.2. The fraction of sp³-hybridized carbons (Fsp3) is 0.625. The highest BCUT2D eigenvalue weighted by Crippen LogP contribution is 2.45. The van der Waals surface area contributed by atoms with Gasteiger partial charge in [-0.3, -0.25) is 0 Å². The van der Waals surface area contributed by atoms with Crippen LogP contribution in [0.5, 0.6) is 23.0 Å². The summed E-state index contributed by atoms with van der Waals surface area (Å²) in [6.07, 6.45) is 2.92. The van der Waals surface area contributed by atoms with E-state index in [0.717, 1.165) is 29.3 Å². The zero-order valence-electron chi connectivity index (χ0n) is 14.1. The molecule has 0 unspecified atom stereocenters. The van der Waals surface area contributed by atoms with E-state index in [1.54, 1.807) is 34.5 Å². The topological polar surface area (TPSA) is 55.4 Å². The number of benzene rings is 1. The molecule has 6 nitrogen and oxygen atoms in total. The number of hydrogen-bond donors (Lipinski definition) is 0. The third-order valence-electron chi connectivity index (χ3n) is 3.15. The first kappa shape index (κ1) is 20.1. The summed E-state index contributed by atoms with van der Waals surface area (Å²) in [4.78, 5) is 0. The lowest BCUT2D eigenvalue weighted by Gasteiger charge is -2.20. The summed E-state index contributed by atoms with van der Waals surface area (Å²) in [5.41, 5.74) is 0.917. The molecule has 0 heterocycles. The lowest BCUT2D eigenvalue weighted by molar-refractivity contribution is 0.0444. The Morgan fingerprint density at radius 3 is 2.09 bits per heavy atom. The fourth-order valence-corrected chi connectivity index (χ4v) is 2.69. The highest BCUT2D eigenvalue weighted by Gasteiger charge is 2.22. The zero-order valence-corrected chi connectivity index (χ0v) is 16.3. The summed E-state index contributed by atoms with van der Waals surface area (Å²) < 4.78 is 33.5. The van der Waals surface area contributed by atoms with Gasteiger partial charge in [0.2, 0.25) is 0 Å². The minimum atomic E-state index is 0.130. The summed E-state index contributed by atoms with van der Waals surface area (Å²) in [5, 5.41) is 0. The van der Waals surface area contributed by atoms with Crippen LogP contribution in [0.3, 0.4) is 0 Å². The molecular formula is C16H25IO6. The molecule has 0 aromatic heterocycles. The predicted molar refractivity (Wildman–Crippen MR) is 96.4 cm³/mol. The van der Waals surface area contributed by atoms with Gasteiger partial charge in [-0.2, -0.15) is 0 Å².